The predicted octanol–water partition coefficient (Wildman–Crippen LogP) is 3.49. The van der Waals surface area contributed by atoms with Crippen LogP contribution < -0.4 is 10.2 Å². The van der Waals surface area contributed by atoms with E-state index in [0.717, 1.165) is 17.8 Å². The number of nitrogens with zero attached hydrogens (tertiary/aromatic N) is 1. The van der Waals surface area contributed by atoms with Crippen LogP contribution in [0.25, 0.3) is 0 Å². The molecule has 1 fully saturated rings. The minimum atomic E-state index is -4.04. The van der Waals surface area contributed by atoms with Crippen molar-refractivity contribution in [1.82, 2.24) is 5.32 Å². The number of benzene rings is 1. The second kappa shape index (κ2) is 6.04. The standard InChI is InChI=1S/C15H21F3N2/c1-11-9-12(10-19-2)3-4-14(11)20-7-5-13(6-8-20)15(16,17)18/h3-4,9,13,19H,5-8,10H2,1-2H3. The van der Waals surface area contributed by atoms with Gasteiger partial charge in [0.15, 0.2) is 0 Å². The molecule has 0 radical (unpaired) electrons. The number of halogens is 3. The molecule has 112 valence electrons. The molecule has 0 unspecified atom stereocenters. The molecule has 2 nitrogen and oxygen atoms in total. The third kappa shape index (κ3) is 3.45. The fourth-order valence-electron chi connectivity index (χ4n) is 2.83. The third-order valence-electron chi connectivity index (χ3n) is 3.94. The summed E-state index contributed by atoms with van der Waals surface area (Å²) in [5.41, 5.74) is 3.38. The van der Waals surface area contributed by atoms with Crippen molar-refractivity contribution in [2.75, 3.05) is 25.0 Å². The predicted molar refractivity (Wildman–Crippen MR) is 74.9 cm³/mol. The number of anilines is 1. The van der Waals surface area contributed by atoms with E-state index in [1.54, 1.807) is 0 Å². The Morgan fingerprint density at radius 2 is 1.90 bits per heavy atom. The number of nitrogens with one attached hydrogen (secondary N) is 1. The molecule has 1 N–H and O–H groups in total. The lowest BCUT2D eigenvalue weighted by Crippen LogP contribution is -2.39. The Labute approximate surface area is 118 Å². The Bertz CT molecular complexity index is 449. The largest absolute Gasteiger partial charge is 0.391 e. The smallest absolute Gasteiger partial charge is 0.371 e. The van der Waals surface area contributed by atoms with E-state index in [9.17, 15) is 13.2 Å². The van der Waals surface area contributed by atoms with E-state index in [-0.39, 0.29) is 12.8 Å². The Morgan fingerprint density at radius 1 is 1.25 bits per heavy atom. The molecule has 1 heterocycles. The molecular weight excluding hydrogens is 265 g/mol. The van der Waals surface area contributed by atoms with Gasteiger partial charge in [0.2, 0.25) is 0 Å². The summed E-state index contributed by atoms with van der Waals surface area (Å²) in [5, 5.41) is 3.09. The molecule has 0 aromatic heterocycles. The van der Waals surface area contributed by atoms with E-state index >= 15 is 0 Å². The van der Waals surface area contributed by atoms with Crippen molar-refractivity contribution in [3.8, 4) is 0 Å². The maximum atomic E-state index is 12.7. The van der Waals surface area contributed by atoms with Crippen molar-refractivity contribution < 1.29 is 13.2 Å². The van der Waals surface area contributed by atoms with Crippen LogP contribution in [0, 0.1) is 12.8 Å². The molecule has 0 atom stereocenters. The quantitative estimate of drug-likeness (QED) is 0.915. The van der Waals surface area contributed by atoms with Crippen molar-refractivity contribution in [2.45, 2.75) is 32.5 Å². The van der Waals surface area contributed by atoms with Gasteiger partial charge < -0.3 is 10.2 Å². The first-order chi connectivity index (χ1) is 9.41. The zero-order valence-corrected chi connectivity index (χ0v) is 11.9. The zero-order chi connectivity index (χ0) is 14.8. The van der Waals surface area contributed by atoms with Crippen LogP contribution in [-0.2, 0) is 6.54 Å². The minimum absolute atomic E-state index is 0.196. The molecular formula is C15H21F3N2. The molecule has 5 heteroatoms. The van der Waals surface area contributed by atoms with Crippen LogP contribution in [0.15, 0.2) is 18.2 Å². The highest BCUT2D eigenvalue weighted by Gasteiger charge is 2.41. The lowest BCUT2D eigenvalue weighted by Gasteiger charge is -2.35. The van der Waals surface area contributed by atoms with Crippen LogP contribution in [-0.4, -0.2) is 26.3 Å². The lowest BCUT2D eigenvalue weighted by atomic mass is 9.95. The molecule has 2 rings (SSSR count). The molecule has 1 aromatic carbocycles. The van der Waals surface area contributed by atoms with Gasteiger partial charge in [-0.1, -0.05) is 12.1 Å². The van der Waals surface area contributed by atoms with Crippen LogP contribution in [0.2, 0.25) is 0 Å². The molecule has 0 aliphatic carbocycles. The highest BCUT2D eigenvalue weighted by Crippen LogP contribution is 2.36. The molecule has 0 spiro atoms. The van der Waals surface area contributed by atoms with Gasteiger partial charge in [0, 0.05) is 25.3 Å². The fraction of sp³-hybridized carbons (Fsp3) is 0.600. The SMILES string of the molecule is CNCc1ccc(N2CCC(C(F)(F)F)CC2)c(C)c1. The number of piperidine rings is 1. The van der Waals surface area contributed by atoms with Crippen molar-refractivity contribution in [3.05, 3.63) is 29.3 Å². The van der Waals surface area contributed by atoms with Crippen LogP contribution in [0.4, 0.5) is 18.9 Å². The summed E-state index contributed by atoms with van der Waals surface area (Å²) in [6.07, 6.45) is -3.65. The van der Waals surface area contributed by atoms with Crippen molar-refractivity contribution in [1.29, 1.82) is 0 Å². The molecule has 1 saturated heterocycles. The Kier molecular flexibility index (Phi) is 4.58. The van der Waals surface area contributed by atoms with E-state index in [4.69, 9.17) is 0 Å². The minimum Gasteiger partial charge on any atom is -0.371 e. The van der Waals surface area contributed by atoms with E-state index < -0.39 is 12.1 Å². The molecule has 1 aliphatic heterocycles. The third-order valence-corrected chi connectivity index (χ3v) is 3.94. The van der Waals surface area contributed by atoms with Gasteiger partial charge in [-0.3, -0.25) is 0 Å². The van der Waals surface area contributed by atoms with Gasteiger partial charge >= 0.3 is 6.18 Å². The van der Waals surface area contributed by atoms with Crippen molar-refractivity contribution in [2.24, 2.45) is 5.92 Å². The zero-order valence-electron chi connectivity index (χ0n) is 11.9. The summed E-state index contributed by atoms with van der Waals surface area (Å²) >= 11 is 0. The van der Waals surface area contributed by atoms with Gasteiger partial charge in [-0.05, 0) is 44.0 Å². The molecule has 20 heavy (non-hydrogen) atoms. The number of hydrogen-bond acceptors (Lipinski definition) is 2. The van der Waals surface area contributed by atoms with E-state index in [1.165, 1.54) is 5.56 Å². The summed E-state index contributed by atoms with van der Waals surface area (Å²) in [7, 11) is 1.89. The maximum absolute atomic E-state index is 12.7. The number of hydrogen-bond donors (Lipinski definition) is 1. The van der Waals surface area contributed by atoms with Crippen LogP contribution in [0.3, 0.4) is 0 Å². The van der Waals surface area contributed by atoms with Crippen molar-refractivity contribution in [3.63, 3.8) is 0 Å². The topological polar surface area (TPSA) is 15.3 Å². The van der Waals surface area contributed by atoms with E-state index in [2.05, 4.69) is 16.3 Å². The van der Waals surface area contributed by atoms with Gasteiger partial charge in [-0.25, -0.2) is 0 Å². The van der Waals surface area contributed by atoms with E-state index in [0.29, 0.717) is 13.1 Å². The second-order valence-corrected chi connectivity index (χ2v) is 5.45. The van der Waals surface area contributed by atoms with Gasteiger partial charge in [0.1, 0.15) is 0 Å². The molecule has 1 aromatic rings. The normalized spacial score (nSPS) is 17.6. The van der Waals surface area contributed by atoms with Crippen LogP contribution >= 0.6 is 0 Å². The first-order valence-corrected chi connectivity index (χ1v) is 6.97. The van der Waals surface area contributed by atoms with Gasteiger partial charge in [-0.15, -0.1) is 0 Å². The highest BCUT2D eigenvalue weighted by atomic mass is 19.4. The van der Waals surface area contributed by atoms with Gasteiger partial charge in [0.05, 0.1) is 5.92 Å². The van der Waals surface area contributed by atoms with Crippen LogP contribution in [0.5, 0.6) is 0 Å². The van der Waals surface area contributed by atoms with Crippen LogP contribution in [0.1, 0.15) is 24.0 Å². The highest BCUT2D eigenvalue weighted by molar-refractivity contribution is 5.54. The summed E-state index contributed by atoms with van der Waals surface area (Å²) in [5.74, 6) is -1.14. The average molecular weight is 286 g/mol. The molecule has 0 bridgehead atoms. The Balaban J connectivity index is 2.03. The molecule has 0 saturated carbocycles. The molecule has 0 amide bonds. The monoisotopic (exact) mass is 286 g/mol. The summed E-state index contributed by atoms with van der Waals surface area (Å²) in [6.45, 7) is 3.79. The number of alkyl halides is 3. The Hall–Kier alpha value is -1.23. The van der Waals surface area contributed by atoms with Gasteiger partial charge in [-0.2, -0.15) is 13.2 Å². The first kappa shape index (κ1) is 15.2. The van der Waals surface area contributed by atoms with Gasteiger partial charge in [0.25, 0.3) is 0 Å². The maximum Gasteiger partial charge on any atom is 0.391 e. The summed E-state index contributed by atoms with van der Waals surface area (Å²) in [4.78, 5) is 2.07. The fourth-order valence-corrected chi connectivity index (χ4v) is 2.83. The van der Waals surface area contributed by atoms with E-state index in [1.807, 2.05) is 26.1 Å². The lowest BCUT2D eigenvalue weighted by molar-refractivity contribution is -0.179. The van der Waals surface area contributed by atoms with Crippen molar-refractivity contribution >= 4 is 5.69 Å². The average Bonchev–Trinajstić information content (AvgIpc) is 2.38. The summed E-state index contributed by atoms with van der Waals surface area (Å²) < 4.78 is 38.0. The summed E-state index contributed by atoms with van der Waals surface area (Å²) in [6, 6.07) is 6.16. The first-order valence-electron chi connectivity index (χ1n) is 6.97. The Morgan fingerprint density at radius 3 is 2.40 bits per heavy atom. The number of aryl methyl sites for hydroxylation is 1. The second-order valence-electron chi connectivity index (χ2n) is 5.45. The number of rotatable bonds is 3. The molecule has 1 aliphatic rings.